The SMILES string of the molecule is COC(=O)Nc1cncc(-c2ccc3ncc4c(c3c2)n(-c2cccc(C(F)(F)F)c2)c(=O)n4C)c1. The van der Waals surface area contributed by atoms with Crippen molar-refractivity contribution in [1.29, 1.82) is 0 Å². The van der Waals surface area contributed by atoms with E-state index in [1.807, 2.05) is 0 Å². The Morgan fingerprint density at radius 3 is 2.58 bits per heavy atom. The van der Waals surface area contributed by atoms with Gasteiger partial charge in [0.05, 0.1) is 53.0 Å². The first kappa shape index (κ1) is 23.1. The number of carbonyl (C=O) groups excluding carboxylic acids is 1. The molecule has 0 aliphatic heterocycles. The highest BCUT2D eigenvalue weighted by atomic mass is 19.4. The number of imidazole rings is 1. The van der Waals surface area contributed by atoms with Crippen LogP contribution in [0.2, 0.25) is 0 Å². The van der Waals surface area contributed by atoms with Crippen molar-refractivity contribution in [2.24, 2.45) is 7.05 Å². The van der Waals surface area contributed by atoms with E-state index in [4.69, 9.17) is 0 Å². The van der Waals surface area contributed by atoms with Gasteiger partial charge in [-0.25, -0.2) is 9.59 Å². The highest BCUT2D eigenvalue weighted by Crippen LogP contribution is 2.33. The average Bonchev–Trinajstić information content (AvgIpc) is 3.13. The molecule has 2 aromatic carbocycles. The van der Waals surface area contributed by atoms with E-state index in [0.717, 1.165) is 12.1 Å². The van der Waals surface area contributed by atoms with Crippen LogP contribution in [0.25, 0.3) is 38.8 Å². The molecule has 0 atom stereocenters. The average molecular weight is 493 g/mol. The molecule has 0 saturated heterocycles. The van der Waals surface area contributed by atoms with E-state index in [1.54, 1.807) is 30.5 Å². The highest BCUT2D eigenvalue weighted by Gasteiger charge is 2.31. The van der Waals surface area contributed by atoms with E-state index in [-0.39, 0.29) is 5.69 Å². The first-order chi connectivity index (χ1) is 17.2. The molecule has 3 heterocycles. The Morgan fingerprint density at radius 2 is 1.83 bits per heavy atom. The van der Waals surface area contributed by atoms with Gasteiger partial charge in [0, 0.05) is 24.2 Å². The van der Waals surface area contributed by atoms with E-state index >= 15 is 0 Å². The number of nitrogens with one attached hydrogen (secondary N) is 1. The molecular weight excluding hydrogens is 475 g/mol. The molecule has 36 heavy (non-hydrogen) atoms. The van der Waals surface area contributed by atoms with Gasteiger partial charge >= 0.3 is 18.0 Å². The molecule has 0 aliphatic carbocycles. The standard InChI is InChI=1S/C25H18F3N5O3/c1-32-21-13-30-20-7-6-14(15-8-17(12-29-11-15)31-23(34)36-2)9-19(20)22(21)33(24(32)35)18-5-3-4-16(10-18)25(26,27)28/h3-13H,1-2H3,(H,31,34). The van der Waals surface area contributed by atoms with Crippen LogP contribution in [0.4, 0.5) is 23.7 Å². The summed E-state index contributed by atoms with van der Waals surface area (Å²) in [6.45, 7) is 0. The summed E-state index contributed by atoms with van der Waals surface area (Å²) < 4.78 is 47.4. The molecule has 0 fully saturated rings. The van der Waals surface area contributed by atoms with Crippen molar-refractivity contribution in [2.75, 3.05) is 12.4 Å². The molecule has 5 rings (SSSR count). The Labute approximate surface area is 201 Å². The maximum Gasteiger partial charge on any atom is 0.416 e. The number of alkyl halides is 3. The summed E-state index contributed by atoms with van der Waals surface area (Å²) >= 11 is 0. The Bertz CT molecular complexity index is 1710. The lowest BCUT2D eigenvalue weighted by atomic mass is 10.0. The molecule has 0 aliphatic rings. The smallest absolute Gasteiger partial charge is 0.416 e. The van der Waals surface area contributed by atoms with Crippen LogP contribution < -0.4 is 11.0 Å². The maximum atomic E-state index is 13.4. The van der Waals surface area contributed by atoms with Crippen LogP contribution in [-0.2, 0) is 18.0 Å². The molecule has 8 nitrogen and oxygen atoms in total. The number of halogens is 3. The molecule has 182 valence electrons. The van der Waals surface area contributed by atoms with Crippen LogP contribution in [0.3, 0.4) is 0 Å². The number of hydrogen-bond acceptors (Lipinski definition) is 5. The Balaban J connectivity index is 1.75. The molecule has 3 aromatic heterocycles. The van der Waals surface area contributed by atoms with Gasteiger partial charge in [0.2, 0.25) is 0 Å². The van der Waals surface area contributed by atoms with Crippen LogP contribution in [-0.4, -0.2) is 32.3 Å². The molecule has 0 spiro atoms. The second kappa shape index (κ2) is 8.52. The maximum absolute atomic E-state index is 13.4. The third kappa shape index (κ3) is 3.94. The molecule has 1 N–H and O–H groups in total. The van der Waals surface area contributed by atoms with Crippen LogP contribution >= 0.6 is 0 Å². The van der Waals surface area contributed by atoms with E-state index in [2.05, 4.69) is 20.0 Å². The van der Waals surface area contributed by atoms with Gasteiger partial charge in [0.1, 0.15) is 0 Å². The fourth-order valence-corrected chi connectivity index (χ4v) is 4.07. The Hall–Kier alpha value is -4.67. The molecule has 0 unspecified atom stereocenters. The molecule has 0 radical (unpaired) electrons. The van der Waals surface area contributed by atoms with Gasteiger partial charge in [-0.1, -0.05) is 12.1 Å². The summed E-state index contributed by atoms with van der Waals surface area (Å²) in [5, 5.41) is 3.11. The number of amides is 1. The Morgan fingerprint density at radius 1 is 1.03 bits per heavy atom. The van der Waals surface area contributed by atoms with E-state index < -0.39 is 23.5 Å². The number of aryl methyl sites for hydroxylation is 1. The predicted molar refractivity (Wildman–Crippen MR) is 128 cm³/mol. The summed E-state index contributed by atoms with van der Waals surface area (Å²) in [5.74, 6) is 0. The normalized spacial score (nSPS) is 11.7. The van der Waals surface area contributed by atoms with Crippen LogP contribution in [0.15, 0.2) is 71.9 Å². The molecule has 11 heteroatoms. The number of carbonyl (C=O) groups is 1. The molecule has 1 amide bonds. The minimum atomic E-state index is -4.56. The van der Waals surface area contributed by atoms with Crippen molar-refractivity contribution in [3.05, 3.63) is 83.2 Å². The number of anilines is 1. The summed E-state index contributed by atoms with van der Waals surface area (Å²) in [4.78, 5) is 33.3. The summed E-state index contributed by atoms with van der Waals surface area (Å²) in [6, 6.07) is 11.7. The van der Waals surface area contributed by atoms with E-state index in [1.165, 1.54) is 47.8 Å². The second-order valence-corrected chi connectivity index (χ2v) is 8.03. The lowest BCUT2D eigenvalue weighted by molar-refractivity contribution is -0.137. The minimum absolute atomic E-state index is 0.0873. The van der Waals surface area contributed by atoms with Gasteiger partial charge in [-0.2, -0.15) is 13.2 Å². The van der Waals surface area contributed by atoms with Crippen LogP contribution in [0.1, 0.15) is 5.56 Å². The van der Waals surface area contributed by atoms with Crippen LogP contribution in [0.5, 0.6) is 0 Å². The number of fused-ring (bicyclic) bond motifs is 3. The fourth-order valence-electron chi connectivity index (χ4n) is 4.07. The first-order valence-electron chi connectivity index (χ1n) is 10.7. The fraction of sp³-hybridized carbons (Fsp3) is 0.120. The Kier molecular flexibility index (Phi) is 5.47. The summed E-state index contributed by atoms with van der Waals surface area (Å²) in [6.07, 6.45) is -0.623. The molecule has 5 aromatic rings. The van der Waals surface area contributed by atoms with E-state index in [0.29, 0.717) is 38.8 Å². The number of pyridine rings is 2. The third-order valence-electron chi connectivity index (χ3n) is 5.82. The van der Waals surface area contributed by atoms with Crippen molar-refractivity contribution in [3.8, 4) is 16.8 Å². The zero-order valence-electron chi connectivity index (χ0n) is 19.0. The molecule has 0 saturated carbocycles. The van der Waals surface area contributed by atoms with Crippen molar-refractivity contribution >= 4 is 33.7 Å². The number of rotatable bonds is 3. The predicted octanol–water partition coefficient (Wildman–Crippen LogP) is 5.14. The molecular formula is C25H18F3N5O3. The van der Waals surface area contributed by atoms with Crippen LogP contribution in [0, 0.1) is 0 Å². The van der Waals surface area contributed by atoms with Gasteiger partial charge in [-0.05, 0) is 42.0 Å². The number of benzene rings is 2. The van der Waals surface area contributed by atoms with Gasteiger partial charge in [-0.15, -0.1) is 0 Å². The third-order valence-corrected chi connectivity index (χ3v) is 5.82. The first-order valence-corrected chi connectivity index (χ1v) is 10.7. The topological polar surface area (TPSA) is 91.0 Å². The lowest BCUT2D eigenvalue weighted by Gasteiger charge is -2.11. The van der Waals surface area contributed by atoms with E-state index in [9.17, 15) is 22.8 Å². The van der Waals surface area contributed by atoms with Gasteiger partial charge < -0.3 is 4.74 Å². The zero-order valence-corrected chi connectivity index (χ0v) is 19.0. The van der Waals surface area contributed by atoms with Crippen molar-refractivity contribution in [3.63, 3.8) is 0 Å². The highest BCUT2D eigenvalue weighted by molar-refractivity contribution is 6.04. The number of nitrogens with zero attached hydrogens (tertiary/aromatic N) is 4. The van der Waals surface area contributed by atoms with Crippen molar-refractivity contribution in [2.45, 2.75) is 6.18 Å². The second-order valence-electron chi connectivity index (χ2n) is 8.03. The van der Waals surface area contributed by atoms with Gasteiger partial charge in [0.25, 0.3) is 0 Å². The summed E-state index contributed by atoms with van der Waals surface area (Å²) in [7, 11) is 2.79. The quantitative estimate of drug-likeness (QED) is 0.376. The van der Waals surface area contributed by atoms with Crippen molar-refractivity contribution < 1.29 is 22.7 Å². The number of aromatic nitrogens is 4. The number of hydrogen-bond donors (Lipinski definition) is 1. The zero-order chi connectivity index (χ0) is 25.6. The summed E-state index contributed by atoms with van der Waals surface area (Å²) in [5.41, 5.74) is 1.93. The number of methoxy groups -OCH3 is 1. The van der Waals surface area contributed by atoms with Gasteiger partial charge in [0.15, 0.2) is 0 Å². The molecule has 0 bridgehead atoms. The van der Waals surface area contributed by atoms with Crippen molar-refractivity contribution in [1.82, 2.24) is 19.1 Å². The number of ether oxygens (including phenoxy) is 1. The minimum Gasteiger partial charge on any atom is -0.453 e. The monoisotopic (exact) mass is 493 g/mol. The van der Waals surface area contributed by atoms with Gasteiger partial charge in [-0.3, -0.25) is 24.4 Å². The largest absolute Gasteiger partial charge is 0.453 e. The lowest BCUT2D eigenvalue weighted by Crippen LogP contribution is -2.21.